The smallest absolute Gasteiger partial charge is 0.0814 e. The van der Waals surface area contributed by atoms with Crippen LogP contribution < -0.4 is 0 Å². The first-order chi connectivity index (χ1) is 6.84. The van der Waals surface area contributed by atoms with Gasteiger partial charge in [0.05, 0.1) is 10.7 Å². The second-order valence-corrected chi connectivity index (χ2v) is 5.80. The Balaban J connectivity index is 2.75. The van der Waals surface area contributed by atoms with Crippen LogP contribution in [0, 0.1) is 18.3 Å². The van der Waals surface area contributed by atoms with Crippen molar-refractivity contribution in [1.82, 2.24) is 9.78 Å². The van der Waals surface area contributed by atoms with Crippen molar-refractivity contribution in [2.45, 2.75) is 34.2 Å². The van der Waals surface area contributed by atoms with E-state index in [0.717, 1.165) is 23.0 Å². The number of aromatic nitrogens is 2. The number of hydrogen-bond donors (Lipinski definition) is 1. The molecule has 0 saturated heterocycles. The molecular weight excluding hydrogens is 228 g/mol. The average molecular weight is 247 g/mol. The summed E-state index contributed by atoms with van der Waals surface area (Å²) in [5.41, 5.74) is 1.14. The van der Waals surface area contributed by atoms with Crippen LogP contribution in [0.25, 0.3) is 0 Å². The Morgan fingerprint density at radius 1 is 1.53 bits per heavy atom. The van der Waals surface area contributed by atoms with E-state index in [0.29, 0.717) is 5.92 Å². The van der Waals surface area contributed by atoms with Crippen molar-refractivity contribution in [3.05, 3.63) is 16.9 Å². The van der Waals surface area contributed by atoms with Gasteiger partial charge in [-0.25, -0.2) is 0 Å². The zero-order valence-electron chi connectivity index (χ0n) is 9.79. The Labute approximate surface area is 102 Å². The molecule has 1 heterocycles. The zero-order valence-corrected chi connectivity index (χ0v) is 11.4. The van der Waals surface area contributed by atoms with Gasteiger partial charge >= 0.3 is 0 Å². The topological polar surface area (TPSA) is 17.8 Å². The van der Waals surface area contributed by atoms with Gasteiger partial charge < -0.3 is 0 Å². The minimum absolute atomic E-state index is 0.244. The average Bonchev–Trinajstić information content (AvgIpc) is 2.40. The first-order valence-corrected chi connectivity index (χ1v) is 6.16. The molecule has 1 aromatic rings. The van der Waals surface area contributed by atoms with E-state index in [1.54, 1.807) is 0 Å². The summed E-state index contributed by atoms with van der Waals surface area (Å²) in [5.74, 6) is 1.36. The third-order valence-corrected chi connectivity index (χ3v) is 3.55. The highest BCUT2D eigenvalue weighted by molar-refractivity contribution is 7.80. The molecule has 0 aromatic carbocycles. The van der Waals surface area contributed by atoms with E-state index in [2.05, 4.69) is 38.5 Å². The van der Waals surface area contributed by atoms with E-state index in [9.17, 15) is 0 Å². The number of rotatable bonds is 3. The maximum atomic E-state index is 5.97. The molecule has 0 spiro atoms. The van der Waals surface area contributed by atoms with E-state index in [1.165, 1.54) is 0 Å². The van der Waals surface area contributed by atoms with E-state index in [1.807, 2.05) is 17.8 Å². The third-order valence-electron chi connectivity index (χ3n) is 2.74. The van der Waals surface area contributed by atoms with E-state index >= 15 is 0 Å². The molecule has 0 aliphatic heterocycles. The molecule has 1 rings (SSSR count). The molecule has 2 nitrogen and oxygen atoms in total. The molecule has 0 N–H and O–H groups in total. The SMILES string of the molecule is Cc1nn(CC(CS)C(C)(C)C)cc1Cl. The van der Waals surface area contributed by atoms with Crippen molar-refractivity contribution in [3.8, 4) is 0 Å². The van der Waals surface area contributed by atoms with Gasteiger partial charge in [-0.1, -0.05) is 32.4 Å². The van der Waals surface area contributed by atoms with Crippen molar-refractivity contribution in [3.63, 3.8) is 0 Å². The van der Waals surface area contributed by atoms with Gasteiger partial charge in [-0.15, -0.1) is 0 Å². The summed E-state index contributed by atoms with van der Waals surface area (Å²) in [7, 11) is 0. The van der Waals surface area contributed by atoms with Crippen LogP contribution in [-0.4, -0.2) is 15.5 Å². The van der Waals surface area contributed by atoms with Crippen molar-refractivity contribution in [2.75, 3.05) is 5.75 Å². The largest absolute Gasteiger partial charge is 0.271 e. The summed E-state index contributed by atoms with van der Waals surface area (Å²) in [5, 5.41) is 5.10. The van der Waals surface area contributed by atoms with Crippen molar-refractivity contribution >= 4 is 24.2 Å². The lowest BCUT2D eigenvalue weighted by atomic mass is 9.82. The summed E-state index contributed by atoms with van der Waals surface area (Å²) in [4.78, 5) is 0. The van der Waals surface area contributed by atoms with Crippen LogP contribution in [0.3, 0.4) is 0 Å². The second kappa shape index (κ2) is 4.79. The molecule has 86 valence electrons. The van der Waals surface area contributed by atoms with Crippen LogP contribution in [0.2, 0.25) is 5.02 Å². The molecule has 1 aromatic heterocycles. The van der Waals surface area contributed by atoms with Gasteiger partial charge in [0.2, 0.25) is 0 Å². The number of hydrogen-bond acceptors (Lipinski definition) is 2. The number of nitrogens with zero attached hydrogens (tertiary/aromatic N) is 2. The van der Waals surface area contributed by atoms with Gasteiger partial charge in [-0.2, -0.15) is 17.7 Å². The fourth-order valence-corrected chi connectivity index (χ4v) is 2.23. The number of aryl methyl sites for hydroxylation is 1. The molecule has 0 aliphatic rings. The van der Waals surface area contributed by atoms with Crippen LogP contribution >= 0.6 is 24.2 Å². The first kappa shape index (κ1) is 12.9. The van der Waals surface area contributed by atoms with Crippen molar-refractivity contribution in [2.24, 2.45) is 11.3 Å². The minimum Gasteiger partial charge on any atom is -0.271 e. The Kier molecular flexibility index (Phi) is 4.13. The maximum absolute atomic E-state index is 5.97. The van der Waals surface area contributed by atoms with Crippen LogP contribution in [-0.2, 0) is 6.54 Å². The van der Waals surface area contributed by atoms with Gasteiger partial charge in [0.25, 0.3) is 0 Å². The fourth-order valence-electron chi connectivity index (χ4n) is 1.42. The summed E-state index contributed by atoms with van der Waals surface area (Å²) in [6.07, 6.45) is 1.89. The van der Waals surface area contributed by atoms with Gasteiger partial charge in [-0.05, 0) is 24.0 Å². The second-order valence-electron chi connectivity index (χ2n) is 5.03. The lowest BCUT2D eigenvalue weighted by Crippen LogP contribution is -2.27. The molecule has 0 fully saturated rings. The maximum Gasteiger partial charge on any atom is 0.0814 e. The molecular formula is C11H19ClN2S. The van der Waals surface area contributed by atoms with E-state index < -0.39 is 0 Å². The molecule has 4 heteroatoms. The van der Waals surface area contributed by atoms with E-state index in [4.69, 9.17) is 11.6 Å². The minimum atomic E-state index is 0.244. The highest BCUT2D eigenvalue weighted by Gasteiger charge is 2.24. The first-order valence-electron chi connectivity index (χ1n) is 5.15. The fraction of sp³-hybridized carbons (Fsp3) is 0.727. The molecule has 0 bridgehead atoms. The molecule has 1 atom stereocenters. The molecule has 0 amide bonds. The molecule has 0 radical (unpaired) electrons. The summed E-state index contributed by atoms with van der Waals surface area (Å²) >= 11 is 10.4. The van der Waals surface area contributed by atoms with E-state index in [-0.39, 0.29) is 5.41 Å². The highest BCUT2D eigenvalue weighted by Crippen LogP contribution is 2.28. The lowest BCUT2D eigenvalue weighted by molar-refractivity contribution is 0.231. The monoisotopic (exact) mass is 246 g/mol. The Morgan fingerprint density at radius 2 is 2.13 bits per heavy atom. The molecule has 15 heavy (non-hydrogen) atoms. The van der Waals surface area contributed by atoms with Crippen molar-refractivity contribution in [1.29, 1.82) is 0 Å². The predicted octanol–water partition coefficient (Wildman–Crippen LogP) is 3.44. The van der Waals surface area contributed by atoms with Gasteiger partial charge in [-0.3, -0.25) is 4.68 Å². The van der Waals surface area contributed by atoms with Gasteiger partial charge in [0.1, 0.15) is 0 Å². The number of thiol groups is 1. The summed E-state index contributed by atoms with van der Waals surface area (Å²) in [6, 6.07) is 0. The Morgan fingerprint density at radius 3 is 2.47 bits per heavy atom. The third kappa shape index (κ3) is 3.42. The van der Waals surface area contributed by atoms with Crippen molar-refractivity contribution < 1.29 is 0 Å². The molecule has 0 saturated carbocycles. The highest BCUT2D eigenvalue weighted by atomic mass is 35.5. The standard InChI is InChI=1S/C11H19ClN2S/c1-8-10(12)6-14(13-8)5-9(7-15)11(2,3)4/h6,9,15H,5,7H2,1-4H3. The van der Waals surface area contributed by atoms with Gasteiger partial charge in [0.15, 0.2) is 0 Å². The summed E-state index contributed by atoms with van der Waals surface area (Å²) in [6.45, 7) is 9.48. The normalized spacial score (nSPS) is 14.3. The van der Waals surface area contributed by atoms with Crippen LogP contribution in [0.5, 0.6) is 0 Å². The zero-order chi connectivity index (χ0) is 11.6. The Bertz CT molecular complexity index is 308. The predicted molar refractivity (Wildman–Crippen MR) is 68.8 cm³/mol. The lowest BCUT2D eigenvalue weighted by Gasteiger charge is -2.29. The van der Waals surface area contributed by atoms with Crippen LogP contribution in [0.15, 0.2) is 6.20 Å². The molecule has 1 unspecified atom stereocenters. The van der Waals surface area contributed by atoms with Crippen LogP contribution in [0.1, 0.15) is 26.5 Å². The van der Waals surface area contributed by atoms with Crippen LogP contribution in [0.4, 0.5) is 0 Å². The number of halogens is 1. The summed E-state index contributed by atoms with van der Waals surface area (Å²) < 4.78 is 1.92. The molecule has 0 aliphatic carbocycles. The quantitative estimate of drug-likeness (QED) is 0.809. The van der Waals surface area contributed by atoms with Gasteiger partial charge in [0, 0.05) is 12.7 Å². The Hall–Kier alpha value is -0.150.